The molecule has 0 unspecified atom stereocenters. The van der Waals surface area contributed by atoms with E-state index >= 15 is 0 Å². The molecule has 0 saturated heterocycles. The van der Waals surface area contributed by atoms with Gasteiger partial charge in [-0.05, 0) is 114 Å². The van der Waals surface area contributed by atoms with Crippen molar-refractivity contribution in [3.8, 4) is 22.3 Å². The number of anilines is 2. The maximum Gasteiger partial charge on any atom is 0.0390 e. The van der Waals surface area contributed by atoms with E-state index in [4.69, 9.17) is 0 Å². The summed E-state index contributed by atoms with van der Waals surface area (Å²) in [4.78, 5) is 0. The van der Waals surface area contributed by atoms with Gasteiger partial charge in [-0.3, -0.25) is 0 Å². The van der Waals surface area contributed by atoms with E-state index in [1.165, 1.54) is 65.7 Å². The lowest BCUT2D eigenvalue weighted by atomic mass is 9.82. The molecular weight excluding hydrogens is 482 g/mol. The van der Waals surface area contributed by atoms with Crippen LogP contribution in [0, 0.1) is 0 Å². The summed E-state index contributed by atoms with van der Waals surface area (Å²) in [6.07, 6.45) is 0. The Morgan fingerprint density at radius 3 is 1.73 bits per heavy atom. The SMILES string of the molecule is CC1(C)c2ccccc2-c2cc3ccc(Nc4ccc5cc(-c6ccc7ccccc7c6)ccc5c4)cc3cc21. The van der Waals surface area contributed by atoms with Gasteiger partial charge in [0.1, 0.15) is 0 Å². The van der Waals surface area contributed by atoms with E-state index in [0.29, 0.717) is 0 Å². The van der Waals surface area contributed by atoms with Crippen LogP contribution >= 0.6 is 0 Å². The summed E-state index contributed by atoms with van der Waals surface area (Å²) >= 11 is 0. The first-order valence-electron chi connectivity index (χ1n) is 14.0. The van der Waals surface area contributed by atoms with Gasteiger partial charge in [0.15, 0.2) is 0 Å². The van der Waals surface area contributed by atoms with Gasteiger partial charge in [-0.15, -0.1) is 0 Å². The summed E-state index contributed by atoms with van der Waals surface area (Å²) in [6, 6.07) is 48.9. The molecule has 0 fully saturated rings. The Kier molecular flexibility index (Phi) is 4.93. The highest BCUT2D eigenvalue weighted by Gasteiger charge is 2.35. The lowest BCUT2D eigenvalue weighted by Crippen LogP contribution is -2.14. The van der Waals surface area contributed by atoms with Crippen LogP contribution in [0.3, 0.4) is 0 Å². The van der Waals surface area contributed by atoms with E-state index in [9.17, 15) is 0 Å². The van der Waals surface area contributed by atoms with Crippen LogP contribution in [0.1, 0.15) is 25.0 Å². The second-order valence-electron chi connectivity index (χ2n) is 11.6. The van der Waals surface area contributed by atoms with Gasteiger partial charge in [-0.25, -0.2) is 0 Å². The fourth-order valence-electron chi connectivity index (χ4n) is 6.56. The highest BCUT2D eigenvalue weighted by atomic mass is 14.9. The van der Waals surface area contributed by atoms with Crippen LogP contribution in [0.2, 0.25) is 0 Å². The van der Waals surface area contributed by atoms with Crippen LogP contribution in [0.4, 0.5) is 11.4 Å². The summed E-state index contributed by atoms with van der Waals surface area (Å²) < 4.78 is 0. The normalized spacial score (nSPS) is 13.4. The average molecular weight is 512 g/mol. The van der Waals surface area contributed by atoms with Crippen LogP contribution < -0.4 is 5.32 Å². The Labute approximate surface area is 234 Å². The molecule has 0 bridgehead atoms. The second kappa shape index (κ2) is 8.56. The topological polar surface area (TPSA) is 12.0 Å². The molecule has 1 aliphatic rings. The lowest BCUT2D eigenvalue weighted by molar-refractivity contribution is 0.661. The van der Waals surface area contributed by atoms with E-state index in [2.05, 4.69) is 153 Å². The molecule has 0 amide bonds. The van der Waals surface area contributed by atoms with Crippen LogP contribution in [0.15, 0.2) is 133 Å². The molecule has 0 heterocycles. The Balaban J connectivity index is 1.11. The zero-order valence-electron chi connectivity index (χ0n) is 22.7. The molecule has 1 heteroatoms. The quantitative estimate of drug-likeness (QED) is 0.249. The molecule has 1 N–H and O–H groups in total. The molecule has 0 atom stereocenters. The van der Waals surface area contributed by atoms with E-state index in [0.717, 1.165) is 11.4 Å². The summed E-state index contributed by atoms with van der Waals surface area (Å²) in [5.74, 6) is 0. The number of benzene rings is 7. The minimum absolute atomic E-state index is 0.00754. The van der Waals surface area contributed by atoms with Crippen molar-refractivity contribution >= 4 is 43.7 Å². The minimum Gasteiger partial charge on any atom is -0.355 e. The van der Waals surface area contributed by atoms with Gasteiger partial charge in [0.25, 0.3) is 0 Å². The van der Waals surface area contributed by atoms with Crippen molar-refractivity contribution in [1.29, 1.82) is 0 Å². The third kappa shape index (κ3) is 3.62. The van der Waals surface area contributed by atoms with Crippen molar-refractivity contribution in [3.63, 3.8) is 0 Å². The first-order valence-corrected chi connectivity index (χ1v) is 14.0. The fraction of sp³-hybridized carbons (Fsp3) is 0.0769. The van der Waals surface area contributed by atoms with Gasteiger partial charge in [0, 0.05) is 16.8 Å². The fourth-order valence-corrected chi connectivity index (χ4v) is 6.56. The van der Waals surface area contributed by atoms with Gasteiger partial charge in [-0.1, -0.05) is 98.8 Å². The zero-order chi connectivity index (χ0) is 26.8. The van der Waals surface area contributed by atoms with E-state index < -0.39 is 0 Å². The zero-order valence-corrected chi connectivity index (χ0v) is 22.7. The van der Waals surface area contributed by atoms with Crippen molar-refractivity contribution in [3.05, 3.63) is 145 Å². The van der Waals surface area contributed by atoms with Crippen LogP contribution in [0.5, 0.6) is 0 Å². The van der Waals surface area contributed by atoms with Crippen LogP contribution in [0.25, 0.3) is 54.6 Å². The molecule has 7 aromatic carbocycles. The maximum absolute atomic E-state index is 3.66. The molecule has 1 aliphatic carbocycles. The molecule has 0 spiro atoms. The van der Waals surface area contributed by atoms with Crippen molar-refractivity contribution in [2.75, 3.05) is 5.32 Å². The lowest BCUT2D eigenvalue weighted by Gasteiger charge is -2.21. The summed E-state index contributed by atoms with van der Waals surface area (Å²) in [6.45, 7) is 4.68. The summed E-state index contributed by atoms with van der Waals surface area (Å²) in [5, 5.41) is 11.2. The Bertz CT molecular complexity index is 2110. The maximum atomic E-state index is 3.66. The molecule has 0 radical (unpaired) electrons. The first kappa shape index (κ1) is 23.0. The third-order valence-electron chi connectivity index (χ3n) is 8.75. The Morgan fingerprint density at radius 1 is 0.400 bits per heavy atom. The molecule has 0 aromatic heterocycles. The van der Waals surface area contributed by atoms with E-state index in [1.54, 1.807) is 0 Å². The number of nitrogens with one attached hydrogen (secondary N) is 1. The van der Waals surface area contributed by atoms with Gasteiger partial charge in [0.05, 0.1) is 0 Å². The van der Waals surface area contributed by atoms with Crippen molar-refractivity contribution < 1.29 is 0 Å². The molecule has 0 aliphatic heterocycles. The predicted molar refractivity (Wildman–Crippen MR) is 172 cm³/mol. The molecular formula is C39H29N. The average Bonchev–Trinajstić information content (AvgIpc) is 3.21. The van der Waals surface area contributed by atoms with Gasteiger partial charge >= 0.3 is 0 Å². The van der Waals surface area contributed by atoms with Crippen molar-refractivity contribution in [2.24, 2.45) is 0 Å². The highest BCUT2D eigenvalue weighted by molar-refractivity contribution is 5.96. The summed E-state index contributed by atoms with van der Waals surface area (Å²) in [5.41, 5.74) is 10.3. The number of hydrogen-bond acceptors (Lipinski definition) is 1. The molecule has 8 rings (SSSR count). The molecule has 190 valence electrons. The summed E-state index contributed by atoms with van der Waals surface area (Å²) in [7, 11) is 0. The minimum atomic E-state index is 0.00754. The smallest absolute Gasteiger partial charge is 0.0390 e. The van der Waals surface area contributed by atoms with Crippen molar-refractivity contribution in [1.82, 2.24) is 0 Å². The number of rotatable bonds is 3. The van der Waals surface area contributed by atoms with Gasteiger partial charge in [0.2, 0.25) is 0 Å². The molecule has 7 aromatic rings. The molecule has 0 saturated carbocycles. The predicted octanol–water partition coefficient (Wildman–Crippen LogP) is 10.9. The monoisotopic (exact) mass is 511 g/mol. The third-order valence-corrected chi connectivity index (χ3v) is 8.75. The van der Waals surface area contributed by atoms with E-state index in [1.807, 2.05) is 0 Å². The first-order chi connectivity index (χ1) is 19.5. The van der Waals surface area contributed by atoms with Gasteiger partial charge < -0.3 is 5.32 Å². The van der Waals surface area contributed by atoms with Gasteiger partial charge in [-0.2, -0.15) is 0 Å². The number of hydrogen-bond donors (Lipinski definition) is 1. The second-order valence-corrected chi connectivity index (χ2v) is 11.6. The molecule has 40 heavy (non-hydrogen) atoms. The van der Waals surface area contributed by atoms with Crippen LogP contribution in [-0.4, -0.2) is 0 Å². The van der Waals surface area contributed by atoms with E-state index in [-0.39, 0.29) is 5.41 Å². The standard InChI is InChI=1S/C39H29N/c1-39(2)37-10-6-5-9-35(37)36-23-31-16-18-34(22-32(31)24-38(36)39)40-33-17-15-29-20-28(13-14-30(29)21-33)27-12-11-25-7-3-4-8-26(25)19-27/h3-24,40H,1-2H3. The van der Waals surface area contributed by atoms with Crippen molar-refractivity contribution in [2.45, 2.75) is 19.3 Å². The highest BCUT2D eigenvalue weighted by Crippen LogP contribution is 2.49. The largest absolute Gasteiger partial charge is 0.355 e. The number of fused-ring (bicyclic) bond motifs is 6. The molecule has 1 nitrogen and oxygen atoms in total. The Morgan fingerprint density at radius 2 is 0.950 bits per heavy atom. The van der Waals surface area contributed by atoms with Crippen LogP contribution in [-0.2, 0) is 5.41 Å². The Hall–Kier alpha value is -4.88.